The fourth-order valence-electron chi connectivity index (χ4n) is 3.61. The van der Waals surface area contributed by atoms with Crippen LogP contribution in [0, 0.1) is 0 Å². The summed E-state index contributed by atoms with van der Waals surface area (Å²) in [5.41, 5.74) is 3.62. The third kappa shape index (κ3) is 4.95. The Morgan fingerprint density at radius 1 is 0.966 bits per heavy atom. The van der Waals surface area contributed by atoms with Crippen molar-refractivity contribution in [3.8, 4) is 23.0 Å². The van der Waals surface area contributed by atoms with Crippen molar-refractivity contribution in [2.75, 3.05) is 54.6 Å². The van der Waals surface area contributed by atoms with Gasteiger partial charge in [-0.05, 0) is 68.4 Å². The van der Waals surface area contributed by atoms with Crippen molar-refractivity contribution in [3.63, 3.8) is 0 Å². The molecule has 1 aliphatic heterocycles. The zero-order valence-corrected chi connectivity index (χ0v) is 18.1. The van der Waals surface area contributed by atoms with Gasteiger partial charge in [0.1, 0.15) is 6.61 Å². The van der Waals surface area contributed by atoms with E-state index in [2.05, 4.69) is 34.5 Å². The molecule has 3 rings (SSSR count). The maximum absolute atomic E-state index is 5.91. The van der Waals surface area contributed by atoms with E-state index in [9.17, 15) is 0 Å². The van der Waals surface area contributed by atoms with Crippen LogP contribution in [-0.4, -0.2) is 59.5 Å². The molecule has 0 radical (unpaired) electrons. The van der Waals surface area contributed by atoms with Gasteiger partial charge in [-0.2, -0.15) is 0 Å². The van der Waals surface area contributed by atoms with E-state index >= 15 is 0 Å². The Balaban J connectivity index is 1.90. The molecule has 1 N–H and O–H groups in total. The van der Waals surface area contributed by atoms with E-state index < -0.39 is 0 Å². The maximum atomic E-state index is 5.91. The molecule has 0 bridgehead atoms. The summed E-state index contributed by atoms with van der Waals surface area (Å²) in [6.07, 6.45) is 0.956. The number of hydrogen-bond acceptors (Lipinski definition) is 6. The second kappa shape index (κ2) is 9.85. The van der Waals surface area contributed by atoms with Gasteiger partial charge in [0.05, 0.1) is 26.9 Å². The number of nitrogens with one attached hydrogen (secondary N) is 1. The molecule has 29 heavy (non-hydrogen) atoms. The molecule has 2 aromatic carbocycles. The van der Waals surface area contributed by atoms with Crippen LogP contribution in [0.3, 0.4) is 0 Å². The molecule has 1 unspecified atom stereocenters. The first kappa shape index (κ1) is 21.3. The summed E-state index contributed by atoms with van der Waals surface area (Å²) in [5, 5.41) is 3.63. The van der Waals surface area contributed by atoms with Gasteiger partial charge < -0.3 is 29.2 Å². The highest BCUT2D eigenvalue weighted by atomic mass is 16.5. The minimum Gasteiger partial charge on any atom is -0.493 e. The highest BCUT2D eigenvalue weighted by Crippen LogP contribution is 2.39. The molecule has 2 aromatic rings. The van der Waals surface area contributed by atoms with Crippen molar-refractivity contribution in [2.24, 2.45) is 0 Å². The van der Waals surface area contributed by atoms with Gasteiger partial charge in [-0.3, -0.25) is 0 Å². The highest BCUT2D eigenvalue weighted by Gasteiger charge is 2.25. The van der Waals surface area contributed by atoms with Crippen molar-refractivity contribution in [1.29, 1.82) is 0 Å². The summed E-state index contributed by atoms with van der Waals surface area (Å²) < 4.78 is 22.8. The van der Waals surface area contributed by atoms with Crippen LogP contribution in [0.15, 0.2) is 30.3 Å². The van der Waals surface area contributed by atoms with Crippen LogP contribution in [0.1, 0.15) is 29.7 Å². The van der Waals surface area contributed by atoms with Crippen LogP contribution in [0.5, 0.6) is 23.0 Å². The Hall–Kier alpha value is -2.44. The average molecular weight is 401 g/mol. The molecule has 0 aromatic heterocycles. The molecule has 0 saturated carbocycles. The zero-order valence-electron chi connectivity index (χ0n) is 18.1. The SMILES string of the molecule is CCOc1cc2c(cc1OC)CCNC2c1ccc(OCCN(C)C)c(OC)c1. The number of rotatable bonds is 9. The van der Waals surface area contributed by atoms with E-state index in [1.165, 1.54) is 11.1 Å². The first-order valence-electron chi connectivity index (χ1n) is 10.1. The van der Waals surface area contributed by atoms with Gasteiger partial charge in [-0.25, -0.2) is 0 Å². The highest BCUT2D eigenvalue weighted by molar-refractivity contribution is 5.53. The number of likely N-dealkylation sites (N-methyl/N-ethyl adjacent to an activating group) is 1. The van der Waals surface area contributed by atoms with E-state index in [0.717, 1.165) is 48.1 Å². The van der Waals surface area contributed by atoms with Crippen LogP contribution in [0.2, 0.25) is 0 Å². The molecule has 0 aliphatic carbocycles. The molecule has 0 saturated heterocycles. The lowest BCUT2D eigenvalue weighted by atomic mass is 9.89. The third-order valence-corrected chi connectivity index (χ3v) is 5.10. The summed E-state index contributed by atoms with van der Waals surface area (Å²) in [7, 11) is 7.42. The molecule has 0 spiro atoms. The third-order valence-electron chi connectivity index (χ3n) is 5.10. The Bertz CT molecular complexity index is 823. The lowest BCUT2D eigenvalue weighted by Crippen LogP contribution is -2.30. The van der Waals surface area contributed by atoms with Crippen molar-refractivity contribution in [1.82, 2.24) is 10.2 Å². The second-order valence-corrected chi connectivity index (χ2v) is 7.33. The van der Waals surface area contributed by atoms with Crippen LogP contribution in [-0.2, 0) is 6.42 Å². The number of fused-ring (bicyclic) bond motifs is 1. The Morgan fingerprint density at radius 3 is 2.41 bits per heavy atom. The number of hydrogen-bond donors (Lipinski definition) is 1. The quantitative estimate of drug-likeness (QED) is 0.697. The summed E-state index contributed by atoms with van der Waals surface area (Å²) in [5.74, 6) is 3.07. The average Bonchev–Trinajstić information content (AvgIpc) is 2.73. The number of nitrogens with zero attached hydrogens (tertiary/aromatic N) is 1. The largest absolute Gasteiger partial charge is 0.493 e. The monoisotopic (exact) mass is 400 g/mol. The minimum atomic E-state index is 0.0635. The molecule has 1 aliphatic rings. The Labute approximate surface area is 173 Å². The van der Waals surface area contributed by atoms with Gasteiger partial charge in [0, 0.05) is 13.1 Å². The number of benzene rings is 2. The van der Waals surface area contributed by atoms with E-state index in [1.807, 2.05) is 27.1 Å². The maximum Gasteiger partial charge on any atom is 0.161 e. The molecule has 158 valence electrons. The number of methoxy groups -OCH3 is 2. The second-order valence-electron chi connectivity index (χ2n) is 7.33. The van der Waals surface area contributed by atoms with E-state index in [4.69, 9.17) is 18.9 Å². The van der Waals surface area contributed by atoms with Gasteiger partial charge in [-0.15, -0.1) is 0 Å². The normalized spacial score (nSPS) is 15.7. The van der Waals surface area contributed by atoms with Gasteiger partial charge in [0.25, 0.3) is 0 Å². The molecule has 1 atom stereocenters. The van der Waals surface area contributed by atoms with Crippen molar-refractivity contribution >= 4 is 0 Å². The predicted molar refractivity (Wildman–Crippen MR) is 115 cm³/mol. The first-order valence-corrected chi connectivity index (χ1v) is 10.1. The van der Waals surface area contributed by atoms with Gasteiger partial charge in [0.15, 0.2) is 23.0 Å². The topological polar surface area (TPSA) is 52.2 Å². The summed E-state index contributed by atoms with van der Waals surface area (Å²) in [4.78, 5) is 2.09. The summed E-state index contributed by atoms with van der Waals surface area (Å²) in [6, 6.07) is 10.4. The molecular formula is C23H32N2O4. The van der Waals surface area contributed by atoms with Gasteiger partial charge in [0.2, 0.25) is 0 Å². The molecule has 6 heteroatoms. The lowest BCUT2D eigenvalue weighted by Gasteiger charge is -2.29. The summed E-state index contributed by atoms with van der Waals surface area (Å²) >= 11 is 0. The van der Waals surface area contributed by atoms with E-state index in [-0.39, 0.29) is 6.04 Å². The fourth-order valence-corrected chi connectivity index (χ4v) is 3.61. The van der Waals surface area contributed by atoms with Crippen LogP contribution in [0.25, 0.3) is 0 Å². The molecule has 6 nitrogen and oxygen atoms in total. The molecular weight excluding hydrogens is 368 g/mol. The van der Waals surface area contributed by atoms with Gasteiger partial charge in [-0.1, -0.05) is 6.07 Å². The van der Waals surface area contributed by atoms with Crippen molar-refractivity contribution in [2.45, 2.75) is 19.4 Å². The van der Waals surface area contributed by atoms with Crippen LogP contribution >= 0.6 is 0 Å². The smallest absolute Gasteiger partial charge is 0.161 e. The van der Waals surface area contributed by atoms with Crippen LogP contribution in [0.4, 0.5) is 0 Å². The van der Waals surface area contributed by atoms with Gasteiger partial charge >= 0.3 is 0 Å². The molecule has 1 heterocycles. The lowest BCUT2D eigenvalue weighted by molar-refractivity contribution is 0.250. The Kier molecular flexibility index (Phi) is 7.23. The predicted octanol–water partition coefficient (Wildman–Crippen LogP) is 3.28. The fraction of sp³-hybridized carbons (Fsp3) is 0.478. The summed E-state index contributed by atoms with van der Waals surface area (Å²) in [6.45, 7) is 4.95. The molecule has 0 fully saturated rings. The van der Waals surface area contributed by atoms with Crippen molar-refractivity contribution < 1.29 is 18.9 Å². The van der Waals surface area contributed by atoms with E-state index in [0.29, 0.717) is 13.2 Å². The minimum absolute atomic E-state index is 0.0635. The van der Waals surface area contributed by atoms with Crippen LogP contribution < -0.4 is 24.3 Å². The van der Waals surface area contributed by atoms with E-state index in [1.54, 1.807) is 14.2 Å². The van der Waals surface area contributed by atoms with Crippen molar-refractivity contribution in [3.05, 3.63) is 47.0 Å². The standard InChI is InChI=1S/C23H32N2O4/c1-6-28-22-15-18-16(13-21(22)27-5)9-10-24-23(18)17-7-8-19(20(14-17)26-4)29-12-11-25(2)3/h7-8,13-15,23-24H,6,9-12H2,1-5H3. The Morgan fingerprint density at radius 2 is 1.72 bits per heavy atom. The molecule has 0 amide bonds. The zero-order chi connectivity index (χ0) is 20.8. The number of ether oxygens (including phenoxy) is 4. The first-order chi connectivity index (χ1) is 14.1.